The van der Waals surface area contributed by atoms with E-state index in [-0.39, 0.29) is 0 Å². The van der Waals surface area contributed by atoms with Crippen molar-refractivity contribution in [2.75, 3.05) is 33.4 Å². The molecule has 2 aromatic carbocycles. The lowest BCUT2D eigenvalue weighted by Gasteiger charge is -2.31. The number of ether oxygens (including phenoxy) is 2. The van der Waals surface area contributed by atoms with Crippen LogP contribution in [0.5, 0.6) is 5.75 Å². The lowest BCUT2D eigenvalue weighted by molar-refractivity contribution is 0.0617. The van der Waals surface area contributed by atoms with E-state index in [1.165, 1.54) is 23.9 Å². The average Bonchev–Trinajstić information content (AvgIpc) is 3.16. The van der Waals surface area contributed by atoms with Crippen LogP contribution in [0.25, 0.3) is 11.0 Å². The van der Waals surface area contributed by atoms with Crippen molar-refractivity contribution in [3.8, 4) is 5.75 Å². The zero-order valence-corrected chi connectivity index (χ0v) is 16.6. The second-order valence-electron chi connectivity index (χ2n) is 7.57. The van der Waals surface area contributed by atoms with Gasteiger partial charge in [-0.05, 0) is 61.7 Å². The molecule has 1 fully saturated rings. The van der Waals surface area contributed by atoms with E-state index >= 15 is 0 Å². The Morgan fingerprint density at radius 2 is 1.82 bits per heavy atom. The van der Waals surface area contributed by atoms with Gasteiger partial charge in [-0.15, -0.1) is 0 Å². The number of piperidine rings is 1. The third-order valence-electron chi connectivity index (χ3n) is 5.63. The maximum absolute atomic E-state index is 5.99. The summed E-state index contributed by atoms with van der Waals surface area (Å²) in [6.45, 7) is 5.77. The molecule has 1 aliphatic rings. The minimum Gasteiger partial charge on any atom is -0.497 e. The van der Waals surface area contributed by atoms with Crippen molar-refractivity contribution in [2.24, 2.45) is 5.92 Å². The summed E-state index contributed by atoms with van der Waals surface area (Å²) in [5, 5.41) is 0. The number of fused-ring (bicyclic) bond motifs is 1. The van der Waals surface area contributed by atoms with Gasteiger partial charge in [-0.3, -0.25) is 4.90 Å². The van der Waals surface area contributed by atoms with Gasteiger partial charge in [0.1, 0.15) is 5.75 Å². The molecule has 0 unspecified atom stereocenters. The molecule has 0 N–H and O–H groups in total. The minimum absolute atomic E-state index is 0.673. The second-order valence-corrected chi connectivity index (χ2v) is 7.57. The molecule has 2 heterocycles. The smallest absolute Gasteiger partial charge is 0.118 e. The van der Waals surface area contributed by atoms with Crippen molar-refractivity contribution >= 4 is 11.0 Å². The molecule has 0 spiro atoms. The van der Waals surface area contributed by atoms with Gasteiger partial charge in [0.25, 0.3) is 0 Å². The van der Waals surface area contributed by atoms with Crippen LogP contribution in [0.15, 0.2) is 54.9 Å². The molecule has 0 saturated carbocycles. The monoisotopic (exact) mass is 379 g/mol. The molecule has 0 bridgehead atoms. The first-order valence-corrected chi connectivity index (χ1v) is 10.1. The summed E-state index contributed by atoms with van der Waals surface area (Å²) in [6.07, 6.45) is 4.33. The van der Waals surface area contributed by atoms with Crippen molar-refractivity contribution in [1.29, 1.82) is 0 Å². The van der Waals surface area contributed by atoms with Gasteiger partial charge < -0.3 is 14.0 Å². The molecule has 3 aromatic rings. The van der Waals surface area contributed by atoms with Crippen LogP contribution >= 0.6 is 0 Å². The van der Waals surface area contributed by atoms with Gasteiger partial charge in [-0.2, -0.15) is 0 Å². The molecular weight excluding hydrogens is 350 g/mol. The Hall–Kier alpha value is -2.37. The first-order chi connectivity index (χ1) is 13.8. The lowest BCUT2D eigenvalue weighted by atomic mass is 9.97. The minimum atomic E-state index is 0.673. The van der Waals surface area contributed by atoms with Crippen molar-refractivity contribution in [3.05, 3.63) is 60.4 Å². The number of nitrogens with zero attached hydrogens (tertiary/aromatic N) is 3. The van der Waals surface area contributed by atoms with Crippen molar-refractivity contribution in [2.45, 2.75) is 25.9 Å². The van der Waals surface area contributed by atoms with Crippen molar-refractivity contribution in [1.82, 2.24) is 14.5 Å². The largest absolute Gasteiger partial charge is 0.497 e. The van der Waals surface area contributed by atoms with Crippen LogP contribution in [-0.2, 0) is 17.8 Å². The van der Waals surface area contributed by atoms with Gasteiger partial charge in [0.05, 0.1) is 31.1 Å². The molecule has 1 saturated heterocycles. The Kier molecular flexibility index (Phi) is 6.24. The summed E-state index contributed by atoms with van der Waals surface area (Å²) in [5.41, 5.74) is 3.58. The van der Waals surface area contributed by atoms with Gasteiger partial charge in [0.15, 0.2) is 0 Å². The van der Waals surface area contributed by atoms with E-state index in [1.54, 1.807) is 7.11 Å². The van der Waals surface area contributed by atoms with E-state index < -0.39 is 0 Å². The molecule has 1 aromatic heterocycles. The Morgan fingerprint density at radius 1 is 1.04 bits per heavy atom. The van der Waals surface area contributed by atoms with E-state index in [0.29, 0.717) is 5.92 Å². The van der Waals surface area contributed by atoms with Gasteiger partial charge in [0, 0.05) is 19.7 Å². The number of benzene rings is 2. The van der Waals surface area contributed by atoms with Gasteiger partial charge in [0.2, 0.25) is 0 Å². The van der Waals surface area contributed by atoms with Gasteiger partial charge >= 0.3 is 0 Å². The molecule has 148 valence electrons. The number of rotatable bonds is 8. The number of hydrogen-bond donors (Lipinski definition) is 0. The molecule has 5 nitrogen and oxygen atoms in total. The predicted molar refractivity (Wildman–Crippen MR) is 112 cm³/mol. The second kappa shape index (κ2) is 9.22. The number of methoxy groups -OCH3 is 1. The SMILES string of the molecule is COc1ccc(CN2CCC(COCCn3cnc4ccccc43)CC2)cc1. The van der Waals surface area contributed by atoms with E-state index in [4.69, 9.17) is 9.47 Å². The third kappa shape index (κ3) is 4.72. The highest BCUT2D eigenvalue weighted by Crippen LogP contribution is 2.20. The summed E-state index contributed by atoms with van der Waals surface area (Å²) in [6, 6.07) is 16.6. The topological polar surface area (TPSA) is 39.5 Å². The number of likely N-dealkylation sites (tertiary alicyclic amines) is 1. The standard InChI is InChI=1S/C23H29N3O2/c1-27-21-8-6-19(7-9-21)16-25-12-10-20(11-13-25)17-28-15-14-26-18-24-22-4-2-3-5-23(22)26/h2-9,18,20H,10-17H2,1H3. The van der Waals surface area contributed by atoms with Gasteiger partial charge in [-0.25, -0.2) is 4.98 Å². The van der Waals surface area contributed by atoms with Crippen LogP contribution in [0, 0.1) is 5.92 Å². The molecule has 0 aliphatic carbocycles. The quantitative estimate of drug-likeness (QED) is 0.555. The van der Waals surface area contributed by atoms with Crippen molar-refractivity contribution in [3.63, 3.8) is 0 Å². The molecular formula is C23H29N3O2. The zero-order chi connectivity index (χ0) is 19.2. The van der Waals surface area contributed by atoms with Gasteiger partial charge in [-0.1, -0.05) is 24.3 Å². The maximum atomic E-state index is 5.99. The van der Waals surface area contributed by atoms with E-state index in [9.17, 15) is 0 Å². The fraction of sp³-hybridized carbons (Fsp3) is 0.435. The fourth-order valence-electron chi connectivity index (χ4n) is 3.90. The maximum Gasteiger partial charge on any atom is 0.118 e. The van der Waals surface area contributed by atoms with E-state index in [0.717, 1.165) is 50.7 Å². The van der Waals surface area contributed by atoms with E-state index in [1.807, 2.05) is 30.6 Å². The molecule has 0 amide bonds. The first-order valence-electron chi connectivity index (χ1n) is 10.1. The summed E-state index contributed by atoms with van der Waals surface area (Å²) in [4.78, 5) is 6.97. The third-order valence-corrected chi connectivity index (χ3v) is 5.63. The molecule has 1 aliphatic heterocycles. The lowest BCUT2D eigenvalue weighted by Crippen LogP contribution is -2.34. The van der Waals surface area contributed by atoms with Crippen molar-refractivity contribution < 1.29 is 9.47 Å². The fourth-order valence-corrected chi connectivity index (χ4v) is 3.90. The number of imidazole rings is 1. The highest BCUT2D eigenvalue weighted by Gasteiger charge is 2.19. The Balaban J connectivity index is 1.15. The summed E-state index contributed by atoms with van der Waals surface area (Å²) < 4.78 is 13.4. The molecule has 4 rings (SSSR count). The first kappa shape index (κ1) is 19.0. The van der Waals surface area contributed by atoms with Crippen LogP contribution in [0.1, 0.15) is 18.4 Å². The molecule has 28 heavy (non-hydrogen) atoms. The molecule has 0 radical (unpaired) electrons. The zero-order valence-electron chi connectivity index (χ0n) is 16.6. The Bertz CT molecular complexity index is 867. The molecule has 0 atom stereocenters. The Labute approximate surface area is 166 Å². The van der Waals surface area contributed by atoms with Crippen LogP contribution in [-0.4, -0.2) is 47.9 Å². The van der Waals surface area contributed by atoms with Crippen LogP contribution < -0.4 is 4.74 Å². The Morgan fingerprint density at radius 3 is 2.61 bits per heavy atom. The van der Waals surface area contributed by atoms with Crippen LogP contribution in [0.2, 0.25) is 0 Å². The number of hydrogen-bond acceptors (Lipinski definition) is 4. The van der Waals surface area contributed by atoms with Crippen LogP contribution in [0.4, 0.5) is 0 Å². The summed E-state index contributed by atoms with van der Waals surface area (Å²) >= 11 is 0. The molecule has 5 heteroatoms. The van der Waals surface area contributed by atoms with Crippen LogP contribution in [0.3, 0.4) is 0 Å². The highest BCUT2D eigenvalue weighted by molar-refractivity contribution is 5.74. The summed E-state index contributed by atoms with van der Waals surface area (Å²) in [5.74, 6) is 1.59. The highest BCUT2D eigenvalue weighted by atomic mass is 16.5. The predicted octanol–water partition coefficient (Wildman–Crippen LogP) is 3.97. The normalized spacial score (nSPS) is 15.9. The van der Waals surface area contributed by atoms with E-state index in [2.05, 4.69) is 38.7 Å². The average molecular weight is 380 g/mol. The summed E-state index contributed by atoms with van der Waals surface area (Å²) in [7, 11) is 1.71. The number of para-hydroxylation sites is 2. The number of aromatic nitrogens is 2.